The largest absolute Gasteiger partial charge is 0.490 e. The number of hydrogen-bond acceptors (Lipinski definition) is 6. The summed E-state index contributed by atoms with van der Waals surface area (Å²) in [6, 6.07) is 5.69. The van der Waals surface area contributed by atoms with Crippen LogP contribution in [0.25, 0.3) is 6.08 Å². The standard InChI is InChI=1S/C24H36N4O3S/c1-6-15-31-20-12-10-19(16-21(20)30-7-2)11-13-23(29)25-14-8-9-22-26-27-24(32-5)28(22)17-18(3)4/h10-13,16,18H,6-9,14-15,17H2,1-5H3,(H,25,29). The fraction of sp³-hybridized carbons (Fsp3) is 0.542. The monoisotopic (exact) mass is 460 g/mol. The molecule has 1 aromatic carbocycles. The van der Waals surface area contributed by atoms with Crippen LogP contribution in [0.3, 0.4) is 0 Å². The van der Waals surface area contributed by atoms with E-state index < -0.39 is 0 Å². The average molecular weight is 461 g/mol. The van der Waals surface area contributed by atoms with Crippen LogP contribution in [-0.4, -0.2) is 46.7 Å². The molecule has 0 radical (unpaired) electrons. The molecule has 0 atom stereocenters. The Balaban J connectivity index is 1.86. The van der Waals surface area contributed by atoms with Gasteiger partial charge in [-0.1, -0.05) is 38.6 Å². The number of carbonyl (C=O) groups is 1. The lowest BCUT2D eigenvalue weighted by Gasteiger charge is -2.12. The number of amides is 1. The summed E-state index contributed by atoms with van der Waals surface area (Å²) < 4.78 is 13.6. The molecule has 0 saturated heterocycles. The fourth-order valence-electron chi connectivity index (χ4n) is 3.12. The molecule has 0 bridgehead atoms. The second-order valence-corrected chi connectivity index (χ2v) is 8.60. The third kappa shape index (κ3) is 8.22. The highest BCUT2D eigenvalue weighted by atomic mass is 32.2. The van der Waals surface area contributed by atoms with E-state index in [0.29, 0.717) is 31.4 Å². The van der Waals surface area contributed by atoms with Crippen LogP contribution in [0, 0.1) is 5.92 Å². The molecule has 2 aromatic rings. The van der Waals surface area contributed by atoms with Gasteiger partial charge >= 0.3 is 0 Å². The second-order valence-electron chi connectivity index (χ2n) is 7.82. The van der Waals surface area contributed by atoms with Gasteiger partial charge in [-0.15, -0.1) is 10.2 Å². The zero-order chi connectivity index (χ0) is 23.3. The summed E-state index contributed by atoms with van der Waals surface area (Å²) in [5.74, 6) is 2.80. The summed E-state index contributed by atoms with van der Waals surface area (Å²) >= 11 is 1.61. The zero-order valence-corrected chi connectivity index (χ0v) is 20.7. The van der Waals surface area contributed by atoms with E-state index in [1.165, 1.54) is 0 Å². The topological polar surface area (TPSA) is 78.3 Å². The Labute approximate surface area is 196 Å². The molecule has 1 N–H and O–H groups in total. The molecule has 32 heavy (non-hydrogen) atoms. The summed E-state index contributed by atoms with van der Waals surface area (Å²) in [6.45, 7) is 11.1. The Hall–Kier alpha value is -2.48. The number of hydrogen-bond donors (Lipinski definition) is 1. The van der Waals surface area contributed by atoms with Gasteiger partial charge in [0.1, 0.15) is 5.82 Å². The van der Waals surface area contributed by atoms with E-state index in [4.69, 9.17) is 9.47 Å². The first-order valence-corrected chi connectivity index (χ1v) is 12.5. The van der Waals surface area contributed by atoms with Crippen molar-refractivity contribution in [1.29, 1.82) is 0 Å². The molecule has 0 fully saturated rings. The van der Waals surface area contributed by atoms with Gasteiger partial charge in [-0.25, -0.2) is 0 Å². The first-order valence-electron chi connectivity index (χ1n) is 11.3. The van der Waals surface area contributed by atoms with Crippen molar-refractivity contribution in [3.05, 3.63) is 35.7 Å². The second kappa shape index (κ2) is 13.8. The van der Waals surface area contributed by atoms with Gasteiger partial charge in [0.25, 0.3) is 0 Å². The predicted molar refractivity (Wildman–Crippen MR) is 130 cm³/mol. The first kappa shape index (κ1) is 25.8. The van der Waals surface area contributed by atoms with Gasteiger partial charge in [-0.2, -0.15) is 0 Å². The predicted octanol–water partition coefficient (Wildman–Crippen LogP) is 4.61. The average Bonchev–Trinajstić information content (AvgIpc) is 3.15. The summed E-state index contributed by atoms with van der Waals surface area (Å²) in [5, 5.41) is 12.5. The van der Waals surface area contributed by atoms with Crippen LogP contribution in [0.15, 0.2) is 29.4 Å². The van der Waals surface area contributed by atoms with Crippen LogP contribution in [0.1, 0.15) is 51.9 Å². The maximum absolute atomic E-state index is 12.2. The normalized spacial score (nSPS) is 11.3. The van der Waals surface area contributed by atoms with Gasteiger partial charge < -0.3 is 19.4 Å². The Morgan fingerprint density at radius 1 is 1.22 bits per heavy atom. The molecule has 0 saturated carbocycles. The minimum Gasteiger partial charge on any atom is -0.490 e. The number of carbonyl (C=O) groups excluding carboxylic acids is 1. The van der Waals surface area contributed by atoms with Crippen molar-refractivity contribution in [3.8, 4) is 11.5 Å². The highest BCUT2D eigenvalue weighted by Crippen LogP contribution is 2.29. The lowest BCUT2D eigenvalue weighted by Crippen LogP contribution is -2.23. The van der Waals surface area contributed by atoms with Gasteiger partial charge in [-0.05, 0) is 55.7 Å². The Morgan fingerprint density at radius 3 is 2.72 bits per heavy atom. The van der Waals surface area contributed by atoms with E-state index >= 15 is 0 Å². The fourth-order valence-corrected chi connectivity index (χ4v) is 3.64. The third-order valence-electron chi connectivity index (χ3n) is 4.56. The summed E-state index contributed by atoms with van der Waals surface area (Å²) in [5.41, 5.74) is 0.888. The number of ether oxygens (including phenoxy) is 2. The van der Waals surface area contributed by atoms with E-state index in [1.54, 1.807) is 23.9 Å². The quantitative estimate of drug-likeness (QED) is 0.252. The first-order chi connectivity index (χ1) is 15.5. The van der Waals surface area contributed by atoms with Crippen LogP contribution in [-0.2, 0) is 17.8 Å². The van der Waals surface area contributed by atoms with Crippen molar-refractivity contribution in [1.82, 2.24) is 20.1 Å². The van der Waals surface area contributed by atoms with Crippen molar-refractivity contribution in [2.24, 2.45) is 5.92 Å². The van der Waals surface area contributed by atoms with Crippen molar-refractivity contribution in [3.63, 3.8) is 0 Å². The molecule has 1 aromatic heterocycles. The van der Waals surface area contributed by atoms with Gasteiger partial charge in [0.05, 0.1) is 13.2 Å². The number of rotatable bonds is 14. The summed E-state index contributed by atoms with van der Waals surface area (Å²) in [4.78, 5) is 12.2. The molecule has 8 heteroatoms. The highest BCUT2D eigenvalue weighted by Gasteiger charge is 2.12. The Bertz CT molecular complexity index is 880. The molecule has 176 valence electrons. The number of aromatic nitrogens is 3. The SMILES string of the molecule is CCCOc1ccc(C=CC(=O)NCCCc2nnc(SC)n2CC(C)C)cc1OCC. The number of thioether (sulfide) groups is 1. The third-order valence-corrected chi connectivity index (χ3v) is 5.22. The van der Waals surface area contributed by atoms with Gasteiger partial charge in [0.15, 0.2) is 16.7 Å². The number of nitrogens with zero attached hydrogens (tertiary/aromatic N) is 3. The Morgan fingerprint density at radius 2 is 2.03 bits per heavy atom. The van der Waals surface area contributed by atoms with Crippen LogP contribution in [0.2, 0.25) is 0 Å². The Kier molecular flexibility index (Phi) is 11.1. The van der Waals surface area contributed by atoms with Crippen molar-refractivity contribution < 1.29 is 14.3 Å². The van der Waals surface area contributed by atoms with Crippen molar-refractivity contribution in [2.75, 3.05) is 26.0 Å². The summed E-state index contributed by atoms with van der Waals surface area (Å²) in [6.07, 6.45) is 7.86. The summed E-state index contributed by atoms with van der Waals surface area (Å²) in [7, 11) is 0. The smallest absolute Gasteiger partial charge is 0.243 e. The maximum atomic E-state index is 12.2. The van der Waals surface area contributed by atoms with Crippen LogP contribution >= 0.6 is 11.8 Å². The van der Waals surface area contributed by atoms with Crippen molar-refractivity contribution in [2.45, 2.75) is 58.7 Å². The molecule has 0 aliphatic heterocycles. The minimum atomic E-state index is -0.122. The lowest BCUT2D eigenvalue weighted by atomic mass is 10.2. The molecule has 0 spiro atoms. The van der Waals surface area contributed by atoms with Crippen LogP contribution in [0.5, 0.6) is 11.5 Å². The molecule has 7 nitrogen and oxygen atoms in total. The number of aryl methyl sites for hydroxylation is 1. The highest BCUT2D eigenvalue weighted by molar-refractivity contribution is 7.98. The lowest BCUT2D eigenvalue weighted by molar-refractivity contribution is -0.116. The van der Waals surface area contributed by atoms with E-state index in [2.05, 4.69) is 40.9 Å². The van der Waals surface area contributed by atoms with Crippen molar-refractivity contribution >= 4 is 23.7 Å². The van der Waals surface area contributed by atoms with E-state index in [9.17, 15) is 4.79 Å². The van der Waals surface area contributed by atoms with Crippen LogP contribution < -0.4 is 14.8 Å². The van der Waals surface area contributed by atoms with Crippen LogP contribution in [0.4, 0.5) is 0 Å². The molecular formula is C24H36N4O3S. The molecule has 1 amide bonds. The number of nitrogens with one attached hydrogen (secondary N) is 1. The molecule has 1 heterocycles. The molecule has 0 aliphatic rings. The van der Waals surface area contributed by atoms with Gasteiger partial charge in [0, 0.05) is 25.6 Å². The van der Waals surface area contributed by atoms with E-state index in [-0.39, 0.29) is 5.91 Å². The molecule has 2 rings (SSSR count). The minimum absolute atomic E-state index is 0.122. The molecular weight excluding hydrogens is 424 g/mol. The molecule has 0 aliphatic carbocycles. The van der Waals surface area contributed by atoms with Gasteiger partial charge in [0.2, 0.25) is 5.91 Å². The maximum Gasteiger partial charge on any atom is 0.243 e. The number of benzene rings is 1. The van der Waals surface area contributed by atoms with E-state index in [0.717, 1.165) is 48.1 Å². The van der Waals surface area contributed by atoms with E-state index in [1.807, 2.05) is 31.4 Å². The van der Waals surface area contributed by atoms with Gasteiger partial charge in [-0.3, -0.25) is 4.79 Å². The zero-order valence-electron chi connectivity index (χ0n) is 19.9. The molecule has 0 unspecified atom stereocenters.